The highest BCUT2D eigenvalue weighted by molar-refractivity contribution is 5.90. The van der Waals surface area contributed by atoms with Crippen LogP contribution in [0.2, 0.25) is 0 Å². The standard InChI is InChI=1S/C10H16N4O3/c1-5(2)7(10(16)17)4-11-9(15)8-12-6(3)13-14-8/h5,7H,4H2,1-3H3,(H,11,15)(H,16,17)(H,12,13,14). The summed E-state index contributed by atoms with van der Waals surface area (Å²) in [5.41, 5.74) is 0. The van der Waals surface area contributed by atoms with Crippen LogP contribution in [0.25, 0.3) is 0 Å². The minimum Gasteiger partial charge on any atom is -0.481 e. The zero-order chi connectivity index (χ0) is 13.0. The third-order valence-electron chi connectivity index (χ3n) is 2.40. The first-order valence-corrected chi connectivity index (χ1v) is 5.31. The van der Waals surface area contributed by atoms with Crippen molar-refractivity contribution in [2.45, 2.75) is 20.8 Å². The molecule has 0 bridgehead atoms. The molecule has 1 aromatic heterocycles. The number of rotatable bonds is 5. The van der Waals surface area contributed by atoms with Gasteiger partial charge >= 0.3 is 5.97 Å². The van der Waals surface area contributed by atoms with Gasteiger partial charge < -0.3 is 10.4 Å². The first-order valence-electron chi connectivity index (χ1n) is 5.31. The number of aliphatic carboxylic acids is 1. The molecule has 0 saturated carbocycles. The topological polar surface area (TPSA) is 108 Å². The largest absolute Gasteiger partial charge is 0.481 e. The molecule has 1 rings (SSSR count). The molecular formula is C10H16N4O3. The molecular weight excluding hydrogens is 224 g/mol. The van der Waals surface area contributed by atoms with Gasteiger partial charge in [-0.25, -0.2) is 4.98 Å². The Bertz CT molecular complexity index is 413. The minimum atomic E-state index is -0.925. The molecule has 94 valence electrons. The Hall–Kier alpha value is -1.92. The Morgan fingerprint density at radius 2 is 2.12 bits per heavy atom. The van der Waals surface area contributed by atoms with Crippen LogP contribution in [-0.2, 0) is 4.79 Å². The number of hydrogen-bond acceptors (Lipinski definition) is 4. The zero-order valence-corrected chi connectivity index (χ0v) is 10.0. The van der Waals surface area contributed by atoms with E-state index in [-0.39, 0.29) is 18.3 Å². The van der Waals surface area contributed by atoms with Crippen molar-refractivity contribution in [2.24, 2.45) is 11.8 Å². The van der Waals surface area contributed by atoms with Crippen molar-refractivity contribution in [3.8, 4) is 0 Å². The van der Waals surface area contributed by atoms with Crippen LogP contribution in [0.3, 0.4) is 0 Å². The number of aromatic amines is 1. The molecule has 0 aliphatic heterocycles. The lowest BCUT2D eigenvalue weighted by atomic mass is 9.96. The lowest BCUT2D eigenvalue weighted by molar-refractivity contribution is -0.142. The van der Waals surface area contributed by atoms with Crippen molar-refractivity contribution >= 4 is 11.9 Å². The highest BCUT2D eigenvalue weighted by Crippen LogP contribution is 2.09. The summed E-state index contributed by atoms with van der Waals surface area (Å²) >= 11 is 0. The molecule has 0 fully saturated rings. The fraction of sp³-hybridized carbons (Fsp3) is 0.600. The van der Waals surface area contributed by atoms with Crippen LogP contribution < -0.4 is 5.32 Å². The van der Waals surface area contributed by atoms with Crippen LogP contribution >= 0.6 is 0 Å². The van der Waals surface area contributed by atoms with E-state index in [9.17, 15) is 9.59 Å². The third kappa shape index (κ3) is 3.54. The molecule has 0 spiro atoms. The fourth-order valence-corrected chi connectivity index (χ4v) is 1.33. The number of carboxylic acid groups (broad SMARTS) is 1. The Morgan fingerprint density at radius 3 is 2.53 bits per heavy atom. The lowest BCUT2D eigenvalue weighted by Crippen LogP contribution is -2.36. The van der Waals surface area contributed by atoms with Gasteiger partial charge in [0.15, 0.2) is 0 Å². The fourth-order valence-electron chi connectivity index (χ4n) is 1.33. The molecule has 1 amide bonds. The molecule has 7 nitrogen and oxygen atoms in total. The second-order valence-corrected chi connectivity index (χ2v) is 4.14. The Morgan fingerprint density at radius 1 is 1.47 bits per heavy atom. The van der Waals surface area contributed by atoms with Crippen molar-refractivity contribution in [1.82, 2.24) is 20.5 Å². The SMILES string of the molecule is Cc1nc(C(=O)NCC(C(=O)O)C(C)C)n[nH]1. The van der Waals surface area contributed by atoms with E-state index in [1.54, 1.807) is 20.8 Å². The van der Waals surface area contributed by atoms with E-state index >= 15 is 0 Å². The summed E-state index contributed by atoms with van der Waals surface area (Å²) < 4.78 is 0. The van der Waals surface area contributed by atoms with Crippen LogP contribution in [0.1, 0.15) is 30.3 Å². The number of carbonyl (C=O) groups is 2. The number of hydrogen-bond donors (Lipinski definition) is 3. The van der Waals surface area contributed by atoms with E-state index < -0.39 is 17.8 Å². The van der Waals surface area contributed by atoms with E-state index in [2.05, 4.69) is 20.5 Å². The van der Waals surface area contributed by atoms with Crippen LogP contribution in [0.4, 0.5) is 0 Å². The average Bonchev–Trinajstić information content (AvgIpc) is 2.63. The monoisotopic (exact) mass is 240 g/mol. The van der Waals surface area contributed by atoms with Crippen LogP contribution in [-0.4, -0.2) is 38.7 Å². The van der Waals surface area contributed by atoms with Crippen molar-refractivity contribution in [3.63, 3.8) is 0 Å². The number of nitrogens with one attached hydrogen (secondary N) is 2. The summed E-state index contributed by atoms with van der Waals surface area (Å²) in [4.78, 5) is 26.3. The van der Waals surface area contributed by atoms with Gasteiger partial charge in [-0.05, 0) is 12.8 Å². The molecule has 3 N–H and O–H groups in total. The molecule has 1 atom stereocenters. The summed E-state index contributed by atoms with van der Waals surface area (Å²) in [6, 6.07) is 0. The maximum atomic E-state index is 11.6. The van der Waals surface area contributed by atoms with Gasteiger partial charge in [-0.3, -0.25) is 14.7 Å². The highest BCUT2D eigenvalue weighted by atomic mass is 16.4. The molecule has 7 heteroatoms. The smallest absolute Gasteiger partial charge is 0.308 e. The van der Waals surface area contributed by atoms with Gasteiger partial charge in [0, 0.05) is 6.54 Å². The lowest BCUT2D eigenvalue weighted by Gasteiger charge is -2.15. The molecule has 0 aromatic carbocycles. The number of aromatic nitrogens is 3. The summed E-state index contributed by atoms with van der Waals surface area (Å²) in [5, 5.41) is 17.7. The quantitative estimate of drug-likeness (QED) is 0.681. The number of amides is 1. The first kappa shape index (κ1) is 13.1. The molecule has 0 saturated heterocycles. The van der Waals surface area contributed by atoms with Crippen LogP contribution in [0.15, 0.2) is 0 Å². The van der Waals surface area contributed by atoms with Gasteiger partial charge in [0.1, 0.15) is 5.82 Å². The van der Waals surface area contributed by atoms with E-state index in [0.29, 0.717) is 5.82 Å². The van der Waals surface area contributed by atoms with Gasteiger partial charge in [-0.15, -0.1) is 5.10 Å². The van der Waals surface area contributed by atoms with E-state index in [1.165, 1.54) is 0 Å². The number of carboxylic acids is 1. The molecule has 1 aromatic rings. The molecule has 0 aliphatic carbocycles. The van der Waals surface area contributed by atoms with Gasteiger partial charge in [0.25, 0.3) is 5.91 Å². The van der Waals surface area contributed by atoms with Crippen molar-refractivity contribution < 1.29 is 14.7 Å². The second-order valence-electron chi connectivity index (χ2n) is 4.14. The average molecular weight is 240 g/mol. The Balaban J connectivity index is 2.55. The van der Waals surface area contributed by atoms with Crippen LogP contribution in [0.5, 0.6) is 0 Å². The normalized spacial score (nSPS) is 12.5. The summed E-state index contributed by atoms with van der Waals surface area (Å²) in [6.45, 7) is 5.33. The van der Waals surface area contributed by atoms with Crippen molar-refractivity contribution in [1.29, 1.82) is 0 Å². The predicted octanol–water partition coefficient (Wildman–Crippen LogP) is 0.200. The predicted molar refractivity (Wildman–Crippen MR) is 59.4 cm³/mol. The maximum Gasteiger partial charge on any atom is 0.308 e. The minimum absolute atomic E-state index is 0.0235. The number of nitrogens with zero attached hydrogens (tertiary/aromatic N) is 2. The maximum absolute atomic E-state index is 11.6. The number of aryl methyl sites for hydroxylation is 1. The zero-order valence-electron chi connectivity index (χ0n) is 10.0. The van der Waals surface area contributed by atoms with Gasteiger partial charge in [0.05, 0.1) is 5.92 Å². The number of carbonyl (C=O) groups excluding carboxylic acids is 1. The Kier molecular flexibility index (Phi) is 4.19. The number of H-pyrrole nitrogens is 1. The van der Waals surface area contributed by atoms with Gasteiger partial charge in [0.2, 0.25) is 5.82 Å². The van der Waals surface area contributed by atoms with Crippen LogP contribution in [0, 0.1) is 18.8 Å². The molecule has 1 unspecified atom stereocenters. The first-order chi connectivity index (χ1) is 7.91. The van der Waals surface area contributed by atoms with E-state index in [0.717, 1.165) is 0 Å². The van der Waals surface area contributed by atoms with E-state index in [1.807, 2.05) is 0 Å². The summed E-state index contributed by atoms with van der Waals surface area (Å²) in [7, 11) is 0. The Labute approximate surface area is 98.6 Å². The third-order valence-corrected chi connectivity index (χ3v) is 2.40. The van der Waals surface area contributed by atoms with Crippen molar-refractivity contribution in [3.05, 3.63) is 11.6 Å². The summed E-state index contributed by atoms with van der Waals surface area (Å²) in [6.07, 6.45) is 0. The van der Waals surface area contributed by atoms with Crippen molar-refractivity contribution in [2.75, 3.05) is 6.54 Å². The van der Waals surface area contributed by atoms with Gasteiger partial charge in [-0.2, -0.15) is 0 Å². The second kappa shape index (κ2) is 5.42. The molecule has 1 heterocycles. The van der Waals surface area contributed by atoms with Gasteiger partial charge in [-0.1, -0.05) is 13.8 Å². The molecule has 0 radical (unpaired) electrons. The molecule has 0 aliphatic rings. The highest BCUT2D eigenvalue weighted by Gasteiger charge is 2.22. The van der Waals surface area contributed by atoms with E-state index in [4.69, 9.17) is 5.11 Å². The molecule has 17 heavy (non-hydrogen) atoms. The summed E-state index contributed by atoms with van der Waals surface area (Å²) in [5.74, 6) is -1.50.